The van der Waals surface area contributed by atoms with Crippen LogP contribution in [-0.2, 0) is 6.54 Å². The highest BCUT2D eigenvalue weighted by Crippen LogP contribution is 2.19. The summed E-state index contributed by atoms with van der Waals surface area (Å²) < 4.78 is 1.27. The van der Waals surface area contributed by atoms with E-state index in [4.69, 9.17) is 0 Å². The molecular weight excluding hydrogens is 336 g/mol. The van der Waals surface area contributed by atoms with Crippen LogP contribution in [0.15, 0.2) is 63.3 Å². The predicted molar refractivity (Wildman–Crippen MR) is 100 cm³/mol. The van der Waals surface area contributed by atoms with E-state index in [1.54, 1.807) is 36.0 Å². The second kappa shape index (κ2) is 6.60. The van der Waals surface area contributed by atoms with Crippen molar-refractivity contribution >= 4 is 33.7 Å². The Morgan fingerprint density at radius 1 is 0.960 bits per heavy atom. The Morgan fingerprint density at radius 3 is 2.56 bits per heavy atom. The van der Waals surface area contributed by atoms with Gasteiger partial charge in [0.15, 0.2) is 5.16 Å². The van der Waals surface area contributed by atoms with Crippen molar-refractivity contribution in [2.24, 2.45) is 0 Å². The molecule has 0 amide bonds. The first-order valence-electron chi connectivity index (χ1n) is 8.02. The molecule has 6 nitrogen and oxygen atoms in total. The molecule has 0 fully saturated rings. The first-order valence-corrected chi connectivity index (χ1v) is 9.00. The maximum Gasteiger partial charge on any atom is 0.328 e. The molecule has 2 heterocycles. The van der Waals surface area contributed by atoms with E-state index >= 15 is 0 Å². The van der Waals surface area contributed by atoms with E-state index in [-0.39, 0.29) is 11.2 Å². The van der Waals surface area contributed by atoms with Crippen LogP contribution >= 0.6 is 11.8 Å². The van der Waals surface area contributed by atoms with Crippen molar-refractivity contribution in [3.8, 4) is 0 Å². The Hall–Kier alpha value is -2.80. The Labute approximate surface area is 146 Å². The van der Waals surface area contributed by atoms with Crippen molar-refractivity contribution in [1.82, 2.24) is 19.5 Å². The normalized spacial score (nSPS) is 11.4. The van der Waals surface area contributed by atoms with Crippen molar-refractivity contribution in [2.75, 3.05) is 5.75 Å². The SMILES string of the molecule is O=c1[nH]c2ccccc2c(=O)n1CCCSc1nc2ccccc2[nH]1. The van der Waals surface area contributed by atoms with Crippen molar-refractivity contribution in [3.63, 3.8) is 0 Å². The monoisotopic (exact) mass is 352 g/mol. The zero-order valence-corrected chi connectivity index (χ0v) is 14.2. The van der Waals surface area contributed by atoms with Crippen molar-refractivity contribution in [1.29, 1.82) is 0 Å². The molecule has 0 aliphatic carbocycles. The van der Waals surface area contributed by atoms with Gasteiger partial charge in [0.25, 0.3) is 5.56 Å². The summed E-state index contributed by atoms with van der Waals surface area (Å²) in [6.07, 6.45) is 0.697. The van der Waals surface area contributed by atoms with Crippen LogP contribution in [0, 0.1) is 0 Å². The molecular formula is C18H16N4O2S. The lowest BCUT2D eigenvalue weighted by Gasteiger charge is -2.05. The number of fused-ring (bicyclic) bond motifs is 2. The minimum atomic E-state index is -0.363. The molecule has 0 radical (unpaired) electrons. The average Bonchev–Trinajstić information content (AvgIpc) is 3.03. The van der Waals surface area contributed by atoms with Crippen LogP contribution < -0.4 is 11.2 Å². The Bertz CT molecular complexity index is 1130. The lowest BCUT2D eigenvalue weighted by atomic mass is 10.2. The number of para-hydroxylation sites is 3. The fraction of sp³-hybridized carbons (Fsp3) is 0.167. The maximum atomic E-state index is 12.4. The Morgan fingerprint density at radius 2 is 1.72 bits per heavy atom. The maximum absolute atomic E-state index is 12.4. The molecule has 0 atom stereocenters. The van der Waals surface area contributed by atoms with Crippen LogP contribution in [0.5, 0.6) is 0 Å². The smallest absolute Gasteiger partial charge is 0.328 e. The Kier molecular flexibility index (Phi) is 4.15. The van der Waals surface area contributed by atoms with E-state index < -0.39 is 0 Å². The topological polar surface area (TPSA) is 83.5 Å². The minimum Gasteiger partial charge on any atom is -0.333 e. The molecule has 0 unspecified atom stereocenters. The lowest BCUT2D eigenvalue weighted by Crippen LogP contribution is -2.35. The van der Waals surface area contributed by atoms with Gasteiger partial charge >= 0.3 is 5.69 Å². The molecule has 4 rings (SSSR count). The molecule has 0 bridgehead atoms. The van der Waals surface area contributed by atoms with Crippen molar-refractivity contribution in [2.45, 2.75) is 18.1 Å². The van der Waals surface area contributed by atoms with Crippen LogP contribution in [-0.4, -0.2) is 25.3 Å². The molecule has 4 aromatic rings. The number of imidazole rings is 1. The number of thioether (sulfide) groups is 1. The highest BCUT2D eigenvalue weighted by molar-refractivity contribution is 7.99. The predicted octanol–water partition coefficient (Wildman–Crippen LogP) is 2.75. The van der Waals surface area contributed by atoms with E-state index in [0.29, 0.717) is 23.9 Å². The summed E-state index contributed by atoms with van der Waals surface area (Å²) in [5.41, 5.74) is 1.91. The minimum absolute atomic E-state index is 0.243. The highest BCUT2D eigenvalue weighted by Gasteiger charge is 2.07. The van der Waals surface area contributed by atoms with Crippen LogP contribution in [0.2, 0.25) is 0 Å². The van der Waals surface area contributed by atoms with E-state index in [2.05, 4.69) is 15.0 Å². The third-order valence-corrected chi connectivity index (χ3v) is 4.98. The van der Waals surface area contributed by atoms with E-state index in [9.17, 15) is 9.59 Å². The molecule has 126 valence electrons. The summed E-state index contributed by atoms with van der Waals surface area (Å²) in [6, 6.07) is 14.9. The van der Waals surface area contributed by atoms with Gasteiger partial charge in [-0.2, -0.15) is 0 Å². The number of nitrogens with zero attached hydrogens (tertiary/aromatic N) is 2. The van der Waals surface area contributed by atoms with Crippen LogP contribution in [0.25, 0.3) is 21.9 Å². The van der Waals surface area contributed by atoms with Gasteiger partial charge in [-0.25, -0.2) is 9.78 Å². The van der Waals surface area contributed by atoms with Gasteiger partial charge in [-0.1, -0.05) is 36.0 Å². The van der Waals surface area contributed by atoms with Gasteiger partial charge in [-0.3, -0.25) is 9.36 Å². The standard InChI is InChI=1S/C18H16N4O2S/c23-16-12-6-1-2-7-13(12)21-18(24)22(16)10-5-11-25-17-19-14-8-3-4-9-15(14)20-17/h1-4,6-9H,5,10-11H2,(H,19,20)(H,21,24). The van der Waals surface area contributed by atoms with Crippen molar-refractivity contribution in [3.05, 3.63) is 69.4 Å². The molecule has 0 spiro atoms. The largest absolute Gasteiger partial charge is 0.333 e. The molecule has 0 saturated heterocycles. The van der Waals surface area contributed by atoms with Gasteiger partial charge < -0.3 is 9.97 Å². The zero-order chi connectivity index (χ0) is 17.2. The van der Waals surface area contributed by atoms with Gasteiger partial charge in [0.05, 0.1) is 21.9 Å². The highest BCUT2D eigenvalue weighted by atomic mass is 32.2. The summed E-state index contributed by atoms with van der Waals surface area (Å²) in [5.74, 6) is 0.762. The molecule has 0 aliphatic rings. The second-order valence-corrected chi connectivity index (χ2v) is 6.78. The van der Waals surface area contributed by atoms with E-state index in [1.165, 1.54) is 4.57 Å². The first-order chi connectivity index (χ1) is 12.2. The summed E-state index contributed by atoms with van der Waals surface area (Å²) >= 11 is 1.59. The van der Waals surface area contributed by atoms with Crippen LogP contribution in [0.3, 0.4) is 0 Å². The number of nitrogens with one attached hydrogen (secondary N) is 2. The summed E-state index contributed by atoms with van der Waals surface area (Å²) in [6.45, 7) is 0.381. The number of aromatic nitrogens is 4. The third kappa shape index (κ3) is 3.10. The van der Waals surface area contributed by atoms with Crippen LogP contribution in [0.4, 0.5) is 0 Å². The van der Waals surface area contributed by atoms with E-state index in [0.717, 1.165) is 21.9 Å². The van der Waals surface area contributed by atoms with Crippen LogP contribution in [0.1, 0.15) is 6.42 Å². The summed E-state index contributed by atoms with van der Waals surface area (Å²) in [7, 11) is 0. The number of benzene rings is 2. The van der Waals surface area contributed by atoms with Crippen molar-refractivity contribution < 1.29 is 0 Å². The molecule has 2 aromatic carbocycles. The second-order valence-electron chi connectivity index (χ2n) is 5.69. The quantitative estimate of drug-likeness (QED) is 0.427. The summed E-state index contributed by atoms with van der Waals surface area (Å²) in [4.78, 5) is 35.1. The molecule has 25 heavy (non-hydrogen) atoms. The zero-order valence-electron chi connectivity index (χ0n) is 13.4. The molecule has 2 N–H and O–H groups in total. The first kappa shape index (κ1) is 15.7. The molecule has 7 heteroatoms. The number of aromatic amines is 2. The van der Waals surface area contributed by atoms with Gasteiger partial charge in [-0.05, 0) is 30.7 Å². The number of hydrogen-bond acceptors (Lipinski definition) is 4. The fourth-order valence-corrected chi connectivity index (χ4v) is 3.60. The number of hydrogen-bond donors (Lipinski definition) is 2. The fourth-order valence-electron chi connectivity index (χ4n) is 2.79. The molecule has 0 aliphatic heterocycles. The number of rotatable bonds is 5. The van der Waals surface area contributed by atoms with E-state index in [1.807, 2.05) is 24.3 Å². The van der Waals surface area contributed by atoms with Gasteiger partial charge in [0, 0.05) is 12.3 Å². The average molecular weight is 352 g/mol. The van der Waals surface area contributed by atoms with Gasteiger partial charge in [0.2, 0.25) is 0 Å². The number of H-pyrrole nitrogens is 2. The van der Waals surface area contributed by atoms with Gasteiger partial charge in [0.1, 0.15) is 0 Å². The molecule has 0 saturated carbocycles. The summed E-state index contributed by atoms with van der Waals surface area (Å²) in [5, 5.41) is 1.38. The third-order valence-electron chi connectivity index (χ3n) is 4.02. The van der Waals surface area contributed by atoms with Gasteiger partial charge in [-0.15, -0.1) is 0 Å². The lowest BCUT2D eigenvalue weighted by molar-refractivity contribution is 0.627. The Balaban J connectivity index is 1.46. The molecule has 2 aromatic heterocycles.